The molecule has 0 aromatic rings. The highest BCUT2D eigenvalue weighted by Crippen LogP contribution is 2.11. The summed E-state index contributed by atoms with van der Waals surface area (Å²) in [6, 6.07) is 0. The summed E-state index contributed by atoms with van der Waals surface area (Å²) in [4.78, 5) is 21.4. The van der Waals surface area contributed by atoms with Crippen LogP contribution < -0.4 is 0 Å². The Labute approximate surface area is 67.4 Å². The molecule has 0 aliphatic carbocycles. The zero-order valence-electron chi connectivity index (χ0n) is 6.01. The average molecular weight is 176 g/mol. The molecule has 1 aliphatic rings. The Balaban J connectivity index is 2.77. The molecule has 6 heteroatoms. The molecule has 0 amide bonds. The molecule has 1 unspecified atom stereocenters. The van der Waals surface area contributed by atoms with Gasteiger partial charge in [0.2, 0.25) is 12.1 Å². The maximum absolute atomic E-state index is 10.8. The number of carbonyl (C=O) groups is 2. The first-order chi connectivity index (χ1) is 5.57. The van der Waals surface area contributed by atoms with Gasteiger partial charge in [-0.25, -0.2) is 0 Å². The number of aliphatic hydroxyl groups excluding tert-OH is 3. The van der Waals surface area contributed by atoms with Crippen molar-refractivity contribution < 1.29 is 29.6 Å². The van der Waals surface area contributed by atoms with Crippen LogP contribution in [0.2, 0.25) is 0 Å². The summed E-state index contributed by atoms with van der Waals surface area (Å²) in [5, 5.41) is 26.2. The molecule has 0 aromatic heterocycles. The van der Waals surface area contributed by atoms with Crippen molar-refractivity contribution in [2.24, 2.45) is 0 Å². The number of ether oxygens (including phenoxy) is 1. The van der Waals surface area contributed by atoms with Gasteiger partial charge in [0, 0.05) is 0 Å². The number of aliphatic hydroxyl groups is 3. The van der Waals surface area contributed by atoms with E-state index < -0.39 is 36.7 Å². The first-order valence-corrected chi connectivity index (χ1v) is 3.28. The lowest BCUT2D eigenvalue weighted by molar-refractivity contribution is -0.204. The number of carbonyl (C=O) groups excluding carboxylic acids is 2. The molecule has 3 N–H and O–H groups in total. The van der Waals surface area contributed by atoms with E-state index in [1.165, 1.54) is 0 Å². The van der Waals surface area contributed by atoms with Crippen molar-refractivity contribution in [1.82, 2.24) is 0 Å². The summed E-state index contributed by atoms with van der Waals surface area (Å²) < 4.78 is 4.42. The van der Waals surface area contributed by atoms with Crippen LogP contribution in [-0.2, 0) is 14.3 Å². The Hall–Kier alpha value is -0.820. The summed E-state index contributed by atoms with van der Waals surface area (Å²) in [6.45, 7) is -0.628. The van der Waals surface area contributed by atoms with Gasteiger partial charge in [0.25, 0.3) is 5.78 Å². The number of hydrogen-bond acceptors (Lipinski definition) is 6. The van der Waals surface area contributed by atoms with Gasteiger partial charge in [-0.05, 0) is 0 Å². The van der Waals surface area contributed by atoms with Crippen molar-refractivity contribution in [1.29, 1.82) is 0 Å². The first kappa shape index (κ1) is 9.27. The van der Waals surface area contributed by atoms with Gasteiger partial charge in [-0.3, -0.25) is 9.59 Å². The zero-order valence-corrected chi connectivity index (χ0v) is 6.01. The summed E-state index contributed by atoms with van der Waals surface area (Å²) in [6.07, 6.45) is -4.76. The van der Waals surface area contributed by atoms with E-state index in [1.807, 2.05) is 0 Å². The van der Waals surface area contributed by atoms with Crippen molar-refractivity contribution in [2.75, 3.05) is 6.61 Å². The Kier molecular flexibility index (Phi) is 2.53. The van der Waals surface area contributed by atoms with Crippen LogP contribution in [-0.4, -0.2) is 52.0 Å². The fraction of sp³-hybridized carbons (Fsp3) is 0.667. The molecule has 0 aromatic carbocycles. The van der Waals surface area contributed by atoms with Crippen LogP contribution >= 0.6 is 0 Å². The lowest BCUT2D eigenvalue weighted by Crippen LogP contribution is -2.53. The van der Waals surface area contributed by atoms with Gasteiger partial charge in [0.05, 0.1) is 6.61 Å². The zero-order chi connectivity index (χ0) is 9.30. The molecule has 0 radical (unpaired) electrons. The SMILES string of the molecule is O=C1C(=O)[C@H](O)[C@@H](CO)OC1O. The summed E-state index contributed by atoms with van der Waals surface area (Å²) in [5.41, 5.74) is 0. The smallest absolute Gasteiger partial charge is 0.256 e. The van der Waals surface area contributed by atoms with Crippen LogP contribution in [0.4, 0.5) is 0 Å². The van der Waals surface area contributed by atoms with E-state index in [-0.39, 0.29) is 0 Å². The fourth-order valence-corrected chi connectivity index (χ4v) is 0.881. The van der Waals surface area contributed by atoms with Crippen LogP contribution in [0.1, 0.15) is 0 Å². The van der Waals surface area contributed by atoms with E-state index in [0.29, 0.717) is 0 Å². The van der Waals surface area contributed by atoms with Crippen molar-refractivity contribution in [2.45, 2.75) is 18.5 Å². The highest BCUT2D eigenvalue weighted by Gasteiger charge is 2.42. The molecule has 0 bridgehead atoms. The van der Waals surface area contributed by atoms with E-state index >= 15 is 0 Å². The van der Waals surface area contributed by atoms with Gasteiger partial charge in [0.15, 0.2) is 0 Å². The minimum absolute atomic E-state index is 0.628. The van der Waals surface area contributed by atoms with Gasteiger partial charge < -0.3 is 20.1 Å². The second-order valence-corrected chi connectivity index (χ2v) is 2.38. The van der Waals surface area contributed by atoms with Gasteiger partial charge in [-0.2, -0.15) is 0 Å². The standard InChI is InChI=1S/C6H8O6/c7-1-2-3(8)4(9)5(10)6(11)12-2/h2-3,6-8,11H,1H2/t2-,3-,6?/m1/s1. The monoisotopic (exact) mass is 176 g/mol. The molecular weight excluding hydrogens is 168 g/mol. The molecular formula is C6H8O6. The maximum atomic E-state index is 10.8. The summed E-state index contributed by atoms with van der Waals surface area (Å²) >= 11 is 0. The van der Waals surface area contributed by atoms with Crippen molar-refractivity contribution in [3.8, 4) is 0 Å². The van der Waals surface area contributed by atoms with Crippen LogP contribution in [0, 0.1) is 0 Å². The lowest BCUT2D eigenvalue weighted by Gasteiger charge is -2.27. The van der Waals surface area contributed by atoms with E-state index in [9.17, 15) is 9.59 Å². The largest absolute Gasteiger partial charge is 0.394 e. The molecule has 3 atom stereocenters. The second kappa shape index (κ2) is 3.28. The first-order valence-electron chi connectivity index (χ1n) is 3.28. The quantitative estimate of drug-likeness (QED) is 0.373. The molecule has 12 heavy (non-hydrogen) atoms. The number of hydrogen-bond donors (Lipinski definition) is 3. The lowest BCUT2D eigenvalue weighted by atomic mass is 10.0. The molecule has 1 saturated heterocycles. The minimum atomic E-state index is -1.86. The minimum Gasteiger partial charge on any atom is -0.394 e. The van der Waals surface area contributed by atoms with E-state index in [0.717, 1.165) is 0 Å². The van der Waals surface area contributed by atoms with Crippen molar-refractivity contribution in [3.05, 3.63) is 0 Å². The van der Waals surface area contributed by atoms with Gasteiger partial charge in [0.1, 0.15) is 12.2 Å². The van der Waals surface area contributed by atoms with E-state index in [4.69, 9.17) is 15.3 Å². The molecule has 1 fully saturated rings. The molecule has 1 aliphatic heterocycles. The van der Waals surface area contributed by atoms with Crippen LogP contribution in [0.25, 0.3) is 0 Å². The highest BCUT2D eigenvalue weighted by atomic mass is 16.6. The predicted octanol–water partition coefficient (Wildman–Crippen LogP) is -2.81. The molecule has 0 saturated carbocycles. The Morgan fingerprint density at radius 1 is 1.25 bits per heavy atom. The second-order valence-electron chi connectivity index (χ2n) is 2.38. The number of ketones is 2. The molecule has 1 heterocycles. The Bertz CT molecular complexity index is 212. The highest BCUT2D eigenvalue weighted by molar-refractivity contribution is 6.40. The Morgan fingerprint density at radius 3 is 2.33 bits per heavy atom. The third kappa shape index (κ3) is 1.37. The van der Waals surface area contributed by atoms with Crippen LogP contribution in [0.3, 0.4) is 0 Å². The number of Topliss-reactive ketones (excluding diaryl/α,β-unsaturated/α-hetero) is 2. The van der Waals surface area contributed by atoms with E-state index in [1.54, 1.807) is 0 Å². The third-order valence-electron chi connectivity index (χ3n) is 1.57. The number of rotatable bonds is 1. The van der Waals surface area contributed by atoms with Crippen molar-refractivity contribution in [3.63, 3.8) is 0 Å². The molecule has 68 valence electrons. The van der Waals surface area contributed by atoms with Gasteiger partial charge in [-0.1, -0.05) is 0 Å². The molecule has 0 spiro atoms. The molecule has 1 rings (SSSR count). The van der Waals surface area contributed by atoms with Crippen LogP contribution in [0.15, 0.2) is 0 Å². The summed E-state index contributed by atoms with van der Waals surface area (Å²) in [5.74, 6) is -2.32. The molecule has 6 nitrogen and oxygen atoms in total. The third-order valence-corrected chi connectivity index (χ3v) is 1.57. The fourth-order valence-electron chi connectivity index (χ4n) is 0.881. The van der Waals surface area contributed by atoms with Crippen molar-refractivity contribution >= 4 is 11.6 Å². The summed E-state index contributed by atoms with van der Waals surface area (Å²) in [7, 11) is 0. The average Bonchev–Trinajstić information content (AvgIpc) is 2.08. The normalized spacial score (nSPS) is 37.1. The van der Waals surface area contributed by atoms with Crippen LogP contribution in [0.5, 0.6) is 0 Å². The maximum Gasteiger partial charge on any atom is 0.256 e. The predicted molar refractivity (Wildman–Crippen MR) is 34.0 cm³/mol. The van der Waals surface area contributed by atoms with Gasteiger partial charge in [-0.15, -0.1) is 0 Å². The Morgan fingerprint density at radius 2 is 1.83 bits per heavy atom. The van der Waals surface area contributed by atoms with E-state index in [2.05, 4.69) is 4.74 Å². The van der Waals surface area contributed by atoms with Gasteiger partial charge >= 0.3 is 0 Å². The topological polar surface area (TPSA) is 104 Å².